The molecule has 140 valence electrons. The number of anilines is 1. The minimum absolute atomic E-state index is 0.0990. The number of nitrogens with one attached hydrogen (secondary N) is 1. The second-order valence-electron chi connectivity index (χ2n) is 6.78. The smallest absolute Gasteiger partial charge is 0.264 e. The number of nitrogens with zero attached hydrogens (tertiary/aromatic N) is 4. The summed E-state index contributed by atoms with van der Waals surface area (Å²) in [6, 6.07) is 18.1. The minimum Gasteiger partial charge on any atom is -0.353 e. The predicted molar refractivity (Wildman–Crippen MR) is 112 cm³/mol. The van der Waals surface area contributed by atoms with E-state index in [0.29, 0.717) is 13.1 Å². The highest BCUT2D eigenvalue weighted by atomic mass is 32.1. The summed E-state index contributed by atoms with van der Waals surface area (Å²) in [5, 5.41) is 8.06. The van der Waals surface area contributed by atoms with E-state index in [1.165, 1.54) is 11.3 Å². The van der Waals surface area contributed by atoms with Gasteiger partial charge in [-0.05, 0) is 36.4 Å². The fourth-order valence-electron chi connectivity index (χ4n) is 3.52. The molecule has 4 aromatic rings. The first kappa shape index (κ1) is 16.9. The van der Waals surface area contributed by atoms with E-state index in [0.717, 1.165) is 45.3 Å². The molecule has 0 spiro atoms. The second-order valence-corrected chi connectivity index (χ2v) is 7.86. The summed E-state index contributed by atoms with van der Waals surface area (Å²) in [5.41, 5.74) is 1.94. The van der Waals surface area contributed by atoms with Crippen LogP contribution in [0.4, 0.5) is 5.82 Å². The molecule has 3 aromatic heterocycles. The fraction of sp³-hybridized carbons (Fsp3) is 0.190. The lowest BCUT2D eigenvalue weighted by Gasteiger charge is -2.35. The van der Waals surface area contributed by atoms with E-state index < -0.39 is 0 Å². The lowest BCUT2D eigenvalue weighted by atomic mass is 10.2. The van der Waals surface area contributed by atoms with E-state index >= 15 is 0 Å². The van der Waals surface area contributed by atoms with Gasteiger partial charge in [0, 0.05) is 37.8 Å². The van der Waals surface area contributed by atoms with Crippen molar-refractivity contribution in [3.05, 3.63) is 65.7 Å². The zero-order chi connectivity index (χ0) is 18.9. The lowest BCUT2D eigenvalue weighted by molar-refractivity contribution is 0.0751. The van der Waals surface area contributed by atoms with Crippen LogP contribution in [0.2, 0.25) is 0 Å². The van der Waals surface area contributed by atoms with Crippen LogP contribution < -0.4 is 4.90 Å². The number of H-pyrrole nitrogens is 1. The molecule has 0 unspecified atom stereocenters. The Labute approximate surface area is 166 Å². The first-order chi connectivity index (χ1) is 13.8. The molecule has 7 heteroatoms. The molecule has 0 saturated carbocycles. The Hall–Kier alpha value is -3.19. The molecule has 6 nitrogen and oxygen atoms in total. The molecule has 1 amide bonds. The second kappa shape index (κ2) is 7.09. The van der Waals surface area contributed by atoms with Crippen LogP contribution in [0, 0.1) is 0 Å². The number of aromatic amines is 1. The lowest BCUT2D eigenvalue weighted by Crippen LogP contribution is -2.48. The molecule has 0 radical (unpaired) electrons. The molecule has 0 aliphatic carbocycles. The van der Waals surface area contributed by atoms with Crippen LogP contribution in [0.5, 0.6) is 0 Å². The number of rotatable bonds is 3. The molecule has 0 atom stereocenters. The topological polar surface area (TPSA) is 65.1 Å². The van der Waals surface area contributed by atoms with Gasteiger partial charge in [0.25, 0.3) is 5.91 Å². The van der Waals surface area contributed by atoms with Crippen LogP contribution in [-0.4, -0.2) is 52.2 Å². The van der Waals surface area contributed by atoms with Gasteiger partial charge in [-0.15, -0.1) is 11.3 Å². The molecule has 4 heterocycles. The molecule has 0 bridgehead atoms. The van der Waals surface area contributed by atoms with Gasteiger partial charge >= 0.3 is 0 Å². The SMILES string of the molecule is O=C(c1ccc(-c2ccn[nH]2)s1)N1CCN(c2ccc3ccccc3n2)CC1. The zero-order valence-corrected chi connectivity index (χ0v) is 16.0. The number of para-hydroxylation sites is 1. The van der Waals surface area contributed by atoms with Gasteiger partial charge in [0.15, 0.2) is 0 Å². The van der Waals surface area contributed by atoms with Crippen molar-refractivity contribution in [2.75, 3.05) is 31.1 Å². The zero-order valence-electron chi connectivity index (χ0n) is 15.2. The van der Waals surface area contributed by atoms with Crippen LogP contribution in [0.15, 0.2) is 60.8 Å². The standard InChI is InChI=1S/C21H19N5OS/c27-21(19-7-6-18(28-19)17-9-10-22-24-17)26-13-11-25(12-14-26)20-8-5-15-3-1-2-4-16(15)23-20/h1-10H,11-14H2,(H,22,24). The Morgan fingerprint density at radius 1 is 0.964 bits per heavy atom. The van der Waals surface area contributed by atoms with Gasteiger partial charge < -0.3 is 9.80 Å². The van der Waals surface area contributed by atoms with Crippen LogP contribution in [0.25, 0.3) is 21.5 Å². The van der Waals surface area contributed by atoms with Gasteiger partial charge in [0.05, 0.1) is 21.0 Å². The van der Waals surface area contributed by atoms with Crippen molar-refractivity contribution in [2.45, 2.75) is 0 Å². The van der Waals surface area contributed by atoms with Gasteiger partial charge in [-0.3, -0.25) is 9.89 Å². The number of thiophene rings is 1. The normalized spacial score (nSPS) is 14.6. The van der Waals surface area contributed by atoms with Gasteiger partial charge in [0.1, 0.15) is 5.82 Å². The largest absolute Gasteiger partial charge is 0.353 e. The maximum Gasteiger partial charge on any atom is 0.264 e. The van der Waals surface area contributed by atoms with Crippen LogP contribution in [0.1, 0.15) is 9.67 Å². The average molecular weight is 389 g/mol. The molecule has 1 saturated heterocycles. The highest BCUT2D eigenvalue weighted by molar-refractivity contribution is 7.17. The van der Waals surface area contributed by atoms with E-state index in [2.05, 4.69) is 33.3 Å². The summed E-state index contributed by atoms with van der Waals surface area (Å²) in [6.07, 6.45) is 1.72. The van der Waals surface area contributed by atoms with Crippen LogP contribution in [0.3, 0.4) is 0 Å². The first-order valence-corrected chi connectivity index (χ1v) is 10.1. The number of amides is 1. The summed E-state index contributed by atoms with van der Waals surface area (Å²) >= 11 is 1.50. The number of pyridine rings is 1. The number of piperazine rings is 1. The van der Waals surface area contributed by atoms with E-state index in [9.17, 15) is 4.79 Å². The van der Waals surface area contributed by atoms with Crippen LogP contribution >= 0.6 is 11.3 Å². The van der Waals surface area contributed by atoms with Crippen molar-refractivity contribution in [1.29, 1.82) is 0 Å². The van der Waals surface area contributed by atoms with E-state index in [-0.39, 0.29) is 5.91 Å². The average Bonchev–Trinajstić information content (AvgIpc) is 3.45. The molecule has 1 aliphatic heterocycles. The third-order valence-electron chi connectivity index (χ3n) is 5.06. The molecule has 5 rings (SSSR count). The summed E-state index contributed by atoms with van der Waals surface area (Å²) in [5.74, 6) is 1.07. The maximum atomic E-state index is 12.9. The number of aromatic nitrogens is 3. The maximum absolute atomic E-state index is 12.9. The fourth-order valence-corrected chi connectivity index (χ4v) is 4.47. The van der Waals surface area contributed by atoms with Crippen molar-refractivity contribution in [3.63, 3.8) is 0 Å². The van der Waals surface area contributed by atoms with Crippen molar-refractivity contribution in [3.8, 4) is 10.6 Å². The van der Waals surface area contributed by atoms with Gasteiger partial charge in [-0.1, -0.05) is 18.2 Å². The van der Waals surface area contributed by atoms with Gasteiger partial charge in [-0.25, -0.2) is 4.98 Å². The van der Waals surface area contributed by atoms with E-state index in [1.54, 1.807) is 6.20 Å². The molecule has 1 aromatic carbocycles. The highest BCUT2D eigenvalue weighted by Crippen LogP contribution is 2.27. The highest BCUT2D eigenvalue weighted by Gasteiger charge is 2.24. The Morgan fingerprint density at radius 3 is 2.64 bits per heavy atom. The third kappa shape index (κ3) is 3.14. The van der Waals surface area contributed by atoms with Crippen molar-refractivity contribution >= 4 is 34.0 Å². The number of hydrogen-bond acceptors (Lipinski definition) is 5. The Kier molecular flexibility index (Phi) is 4.29. The Bertz CT molecular complexity index is 1110. The first-order valence-electron chi connectivity index (χ1n) is 9.27. The number of hydrogen-bond donors (Lipinski definition) is 1. The summed E-state index contributed by atoms with van der Waals surface area (Å²) in [7, 11) is 0. The quantitative estimate of drug-likeness (QED) is 0.581. The van der Waals surface area contributed by atoms with Gasteiger partial charge in [-0.2, -0.15) is 5.10 Å². The summed E-state index contributed by atoms with van der Waals surface area (Å²) in [6.45, 7) is 2.97. The van der Waals surface area contributed by atoms with Crippen LogP contribution in [-0.2, 0) is 0 Å². The van der Waals surface area contributed by atoms with E-state index in [4.69, 9.17) is 4.98 Å². The molecule has 1 aliphatic rings. The predicted octanol–water partition coefficient (Wildman–Crippen LogP) is 3.65. The third-order valence-corrected chi connectivity index (χ3v) is 6.16. The van der Waals surface area contributed by atoms with Crippen molar-refractivity contribution in [2.24, 2.45) is 0 Å². The van der Waals surface area contributed by atoms with Gasteiger partial charge in [0.2, 0.25) is 0 Å². The monoisotopic (exact) mass is 389 g/mol. The molecular weight excluding hydrogens is 370 g/mol. The number of carbonyl (C=O) groups is 1. The van der Waals surface area contributed by atoms with Crippen molar-refractivity contribution in [1.82, 2.24) is 20.1 Å². The molecular formula is C21H19N5OS. The molecule has 1 fully saturated rings. The Balaban J connectivity index is 1.27. The summed E-state index contributed by atoms with van der Waals surface area (Å²) in [4.78, 5) is 23.6. The molecule has 1 N–H and O–H groups in total. The Morgan fingerprint density at radius 2 is 1.82 bits per heavy atom. The molecule has 28 heavy (non-hydrogen) atoms. The summed E-state index contributed by atoms with van der Waals surface area (Å²) < 4.78 is 0. The van der Waals surface area contributed by atoms with E-state index in [1.807, 2.05) is 41.3 Å². The number of fused-ring (bicyclic) bond motifs is 1. The number of benzene rings is 1. The minimum atomic E-state index is 0.0990. The number of carbonyl (C=O) groups excluding carboxylic acids is 1. The van der Waals surface area contributed by atoms with Crippen molar-refractivity contribution < 1.29 is 4.79 Å².